The molecule has 0 N–H and O–H groups in total. The van der Waals surface area contributed by atoms with E-state index in [1.807, 2.05) is 11.0 Å². The minimum absolute atomic E-state index is 0.0477. The van der Waals surface area contributed by atoms with Crippen LogP contribution in [0.25, 0.3) is 0 Å². The maximum Gasteiger partial charge on any atom is 0.246 e. The lowest BCUT2D eigenvalue weighted by atomic mass is 10.0. The second-order valence-electron chi connectivity index (χ2n) is 5.66. The number of rotatable bonds is 4. The van der Waals surface area contributed by atoms with Crippen LogP contribution in [0, 0.1) is 0 Å². The van der Waals surface area contributed by atoms with Crippen LogP contribution in [-0.2, 0) is 11.2 Å². The van der Waals surface area contributed by atoms with Crippen molar-refractivity contribution in [2.75, 3.05) is 19.6 Å². The SMILES string of the molecule is C=CC(=O)N1CCN(C(C)C)C(Cc2ccccc2)C1. The summed E-state index contributed by atoms with van der Waals surface area (Å²) in [7, 11) is 0. The van der Waals surface area contributed by atoms with E-state index in [0.29, 0.717) is 12.1 Å². The number of piperazine rings is 1. The summed E-state index contributed by atoms with van der Waals surface area (Å²) in [5.74, 6) is 0.0477. The number of benzene rings is 1. The van der Waals surface area contributed by atoms with Crippen molar-refractivity contribution in [2.24, 2.45) is 0 Å². The van der Waals surface area contributed by atoms with Crippen LogP contribution in [0.3, 0.4) is 0 Å². The van der Waals surface area contributed by atoms with Crippen LogP contribution in [0.15, 0.2) is 43.0 Å². The summed E-state index contributed by atoms with van der Waals surface area (Å²) in [6.07, 6.45) is 2.41. The van der Waals surface area contributed by atoms with Crippen molar-refractivity contribution in [2.45, 2.75) is 32.4 Å². The van der Waals surface area contributed by atoms with Crippen molar-refractivity contribution >= 4 is 5.91 Å². The summed E-state index contributed by atoms with van der Waals surface area (Å²) < 4.78 is 0. The highest BCUT2D eigenvalue weighted by Gasteiger charge is 2.30. The molecule has 1 unspecified atom stereocenters. The molecule has 1 aliphatic heterocycles. The normalized spacial score (nSPS) is 20.1. The molecule has 1 heterocycles. The van der Waals surface area contributed by atoms with Crippen molar-refractivity contribution in [1.82, 2.24) is 9.80 Å². The number of amides is 1. The number of hydrogen-bond acceptors (Lipinski definition) is 2. The molecule has 1 atom stereocenters. The molecule has 1 amide bonds. The number of hydrogen-bond donors (Lipinski definition) is 0. The van der Waals surface area contributed by atoms with Gasteiger partial charge in [0.15, 0.2) is 0 Å². The Hall–Kier alpha value is -1.61. The van der Waals surface area contributed by atoms with Gasteiger partial charge in [0.25, 0.3) is 0 Å². The van der Waals surface area contributed by atoms with Crippen LogP contribution >= 0.6 is 0 Å². The topological polar surface area (TPSA) is 23.6 Å². The van der Waals surface area contributed by atoms with Crippen LogP contribution in [-0.4, -0.2) is 47.4 Å². The molecule has 0 saturated carbocycles. The van der Waals surface area contributed by atoms with Gasteiger partial charge in [-0.05, 0) is 31.9 Å². The summed E-state index contributed by atoms with van der Waals surface area (Å²) in [5.41, 5.74) is 1.33. The zero-order valence-electron chi connectivity index (χ0n) is 12.5. The zero-order chi connectivity index (χ0) is 14.5. The van der Waals surface area contributed by atoms with Crippen LogP contribution < -0.4 is 0 Å². The first-order chi connectivity index (χ1) is 9.61. The molecular weight excluding hydrogens is 248 g/mol. The summed E-state index contributed by atoms with van der Waals surface area (Å²) in [6.45, 7) is 10.6. The van der Waals surface area contributed by atoms with E-state index in [0.717, 1.165) is 26.1 Å². The lowest BCUT2D eigenvalue weighted by molar-refractivity contribution is -0.129. The van der Waals surface area contributed by atoms with E-state index in [-0.39, 0.29) is 5.91 Å². The molecule has 1 fully saturated rings. The average molecular weight is 272 g/mol. The number of carbonyl (C=O) groups excluding carboxylic acids is 1. The van der Waals surface area contributed by atoms with E-state index < -0.39 is 0 Å². The molecule has 108 valence electrons. The Bertz CT molecular complexity index is 455. The van der Waals surface area contributed by atoms with Crippen LogP contribution in [0.4, 0.5) is 0 Å². The van der Waals surface area contributed by atoms with Gasteiger partial charge < -0.3 is 4.90 Å². The number of nitrogens with zero attached hydrogens (tertiary/aromatic N) is 2. The van der Waals surface area contributed by atoms with Gasteiger partial charge in [-0.3, -0.25) is 9.69 Å². The number of carbonyl (C=O) groups is 1. The van der Waals surface area contributed by atoms with E-state index in [4.69, 9.17) is 0 Å². The third kappa shape index (κ3) is 3.48. The minimum atomic E-state index is 0.0477. The molecule has 1 aromatic carbocycles. The van der Waals surface area contributed by atoms with Crippen molar-refractivity contribution < 1.29 is 4.79 Å². The Morgan fingerprint density at radius 2 is 2.05 bits per heavy atom. The lowest BCUT2D eigenvalue weighted by Crippen LogP contribution is -2.57. The van der Waals surface area contributed by atoms with Gasteiger partial charge in [0.1, 0.15) is 0 Å². The molecule has 0 aliphatic carbocycles. The fourth-order valence-corrected chi connectivity index (χ4v) is 2.95. The molecule has 0 radical (unpaired) electrons. The molecule has 2 rings (SSSR count). The van der Waals surface area contributed by atoms with E-state index in [1.54, 1.807) is 0 Å². The third-order valence-electron chi connectivity index (χ3n) is 3.99. The summed E-state index contributed by atoms with van der Waals surface area (Å²) in [4.78, 5) is 16.2. The molecule has 0 aromatic heterocycles. The summed E-state index contributed by atoms with van der Waals surface area (Å²) in [5, 5.41) is 0. The van der Waals surface area contributed by atoms with Crippen LogP contribution in [0.1, 0.15) is 19.4 Å². The van der Waals surface area contributed by atoms with Crippen molar-refractivity contribution in [1.29, 1.82) is 0 Å². The van der Waals surface area contributed by atoms with Gasteiger partial charge in [0.05, 0.1) is 0 Å². The minimum Gasteiger partial charge on any atom is -0.336 e. The molecule has 1 aliphatic rings. The highest BCUT2D eigenvalue weighted by Crippen LogP contribution is 2.18. The maximum absolute atomic E-state index is 11.8. The predicted octanol–water partition coefficient (Wildman–Crippen LogP) is 2.34. The van der Waals surface area contributed by atoms with E-state index >= 15 is 0 Å². The molecule has 1 aromatic rings. The Morgan fingerprint density at radius 1 is 1.35 bits per heavy atom. The van der Waals surface area contributed by atoms with Gasteiger partial charge >= 0.3 is 0 Å². The summed E-state index contributed by atoms with van der Waals surface area (Å²) in [6, 6.07) is 11.4. The Morgan fingerprint density at radius 3 is 2.65 bits per heavy atom. The van der Waals surface area contributed by atoms with Crippen LogP contribution in [0.2, 0.25) is 0 Å². The Labute approximate surface area is 121 Å². The van der Waals surface area contributed by atoms with Crippen molar-refractivity contribution in [3.63, 3.8) is 0 Å². The molecular formula is C17H24N2O. The molecule has 0 spiro atoms. The van der Waals surface area contributed by atoms with Crippen molar-refractivity contribution in [3.05, 3.63) is 48.6 Å². The van der Waals surface area contributed by atoms with Gasteiger partial charge in [-0.15, -0.1) is 0 Å². The zero-order valence-corrected chi connectivity index (χ0v) is 12.5. The van der Waals surface area contributed by atoms with Gasteiger partial charge in [-0.1, -0.05) is 36.9 Å². The monoisotopic (exact) mass is 272 g/mol. The van der Waals surface area contributed by atoms with Gasteiger partial charge in [0, 0.05) is 31.7 Å². The average Bonchev–Trinajstić information content (AvgIpc) is 2.47. The first-order valence-corrected chi connectivity index (χ1v) is 7.33. The molecule has 20 heavy (non-hydrogen) atoms. The quantitative estimate of drug-likeness (QED) is 0.785. The first-order valence-electron chi connectivity index (χ1n) is 7.33. The van der Waals surface area contributed by atoms with E-state index in [2.05, 4.69) is 49.6 Å². The fourth-order valence-electron chi connectivity index (χ4n) is 2.95. The van der Waals surface area contributed by atoms with Gasteiger partial charge in [-0.2, -0.15) is 0 Å². The highest BCUT2D eigenvalue weighted by molar-refractivity contribution is 5.87. The van der Waals surface area contributed by atoms with Gasteiger partial charge in [-0.25, -0.2) is 0 Å². The first kappa shape index (κ1) is 14.8. The molecule has 0 bridgehead atoms. The smallest absolute Gasteiger partial charge is 0.246 e. The second kappa shape index (κ2) is 6.71. The highest BCUT2D eigenvalue weighted by atomic mass is 16.2. The maximum atomic E-state index is 11.8. The molecule has 3 heteroatoms. The van der Waals surface area contributed by atoms with Crippen LogP contribution in [0.5, 0.6) is 0 Å². The van der Waals surface area contributed by atoms with Crippen molar-refractivity contribution in [3.8, 4) is 0 Å². The largest absolute Gasteiger partial charge is 0.336 e. The lowest BCUT2D eigenvalue weighted by Gasteiger charge is -2.43. The third-order valence-corrected chi connectivity index (χ3v) is 3.99. The van der Waals surface area contributed by atoms with E-state index in [9.17, 15) is 4.79 Å². The molecule has 1 saturated heterocycles. The standard InChI is InChI=1S/C17H24N2O/c1-4-17(20)18-10-11-19(14(2)3)16(13-18)12-15-8-6-5-7-9-15/h4-9,14,16H,1,10-13H2,2-3H3. The Balaban J connectivity index is 2.10. The predicted molar refractivity (Wildman–Crippen MR) is 82.6 cm³/mol. The van der Waals surface area contributed by atoms with Gasteiger partial charge in [0.2, 0.25) is 5.91 Å². The summed E-state index contributed by atoms with van der Waals surface area (Å²) >= 11 is 0. The fraction of sp³-hybridized carbons (Fsp3) is 0.471. The molecule has 3 nitrogen and oxygen atoms in total. The second-order valence-corrected chi connectivity index (χ2v) is 5.66. The van der Waals surface area contributed by atoms with E-state index in [1.165, 1.54) is 11.6 Å². The Kier molecular flexibility index (Phi) is 4.96.